The predicted molar refractivity (Wildman–Crippen MR) is 70.1 cm³/mol. The summed E-state index contributed by atoms with van der Waals surface area (Å²) in [4.78, 5) is 7.89. The second-order valence-electron chi connectivity index (χ2n) is 5.10. The molecule has 2 N–H and O–H groups in total. The zero-order valence-electron chi connectivity index (χ0n) is 11.0. The Hall–Kier alpha value is -2.11. The number of nitrogens with two attached hydrogens (primary N) is 1. The van der Waals surface area contributed by atoms with E-state index in [1.807, 2.05) is 20.2 Å². The molecule has 0 aliphatic carbocycles. The molecule has 3 rings (SSSR count). The van der Waals surface area contributed by atoms with Gasteiger partial charge in [-0.2, -0.15) is 15.0 Å². The maximum Gasteiger partial charge on any atom is 0.147 e. The molecule has 3 heterocycles. The highest BCUT2D eigenvalue weighted by atomic mass is 15.5. The molecule has 6 nitrogen and oxygen atoms in total. The van der Waals surface area contributed by atoms with Crippen molar-refractivity contribution in [3.8, 4) is 11.3 Å². The molecule has 0 aromatic carbocycles. The molecule has 0 radical (unpaired) electrons. The lowest BCUT2D eigenvalue weighted by atomic mass is 9.88. The van der Waals surface area contributed by atoms with Crippen molar-refractivity contribution in [1.29, 1.82) is 0 Å². The van der Waals surface area contributed by atoms with Crippen LogP contribution in [0.3, 0.4) is 0 Å². The first-order valence-electron chi connectivity index (χ1n) is 5.83. The molecule has 0 bridgehead atoms. The summed E-state index contributed by atoms with van der Waals surface area (Å²) in [6, 6.07) is 1.94. The summed E-state index contributed by atoms with van der Waals surface area (Å²) >= 11 is 0. The molecular weight excluding hydrogens is 228 g/mol. The number of nitrogen functional groups attached to an aromatic ring is 1. The van der Waals surface area contributed by atoms with Crippen LogP contribution in [0.25, 0.3) is 11.3 Å². The van der Waals surface area contributed by atoms with Gasteiger partial charge in [-0.1, -0.05) is 0 Å². The number of anilines is 2. The fourth-order valence-electron chi connectivity index (χ4n) is 2.45. The Labute approximate surface area is 105 Å². The minimum atomic E-state index is -0.256. The van der Waals surface area contributed by atoms with Gasteiger partial charge in [0, 0.05) is 25.9 Å². The predicted octanol–water partition coefficient (Wildman–Crippen LogP) is 1.14. The molecule has 0 fully saturated rings. The number of rotatable bonds is 0. The minimum absolute atomic E-state index is 0.256. The van der Waals surface area contributed by atoms with Crippen LogP contribution in [0.2, 0.25) is 0 Å². The number of aromatic nitrogens is 4. The zero-order valence-corrected chi connectivity index (χ0v) is 11.0. The highest BCUT2D eigenvalue weighted by Crippen LogP contribution is 2.46. The summed E-state index contributed by atoms with van der Waals surface area (Å²) in [5.41, 5.74) is 9.53. The van der Waals surface area contributed by atoms with Crippen LogP contribution in [0.15, 0.2) is 12.3 Å². The number of hydrogen-bond acceptors (Lipinski definition) is 5. The average Bonchev–Trinajstić information content (AvgIpc) is 2.69. The summed E-state index contributed by atoms with van der Waals surface area (Å²) in [6.07, 6.45) is 1.71. The standard InChI is InChI=1S/C12H16N6/c1-12(2)10-8(15-18(4)16-10)7-5-6-14-11(13)9(7)17(12)3/h5-6H,1-4H3,(H2,13,14). The largest absolute Gasteiger partial charge is 0.382 e. The molecule has 1 aliphatic rings. The van der Waals surface area contributed by atoms with Gasteiger partial charge in [0.25, 0.3) is 0 Å². The van der Waals surface area contributed by atoms with Crippen LogP contribution in [0, 0.1) is 0 Å². The lowest BCUT2D eigenvalue weighted by Crippen LogP contribution is -2.42. The van der Waals surface area contributed by atoms with Crippen molar-refractivity contribution >= 4 is 11.5 Å². The third-order valence-electron chi connectivity index (χ3n) is 3.67. The van der Waals surface area contributed by atoms with Crippen LogP contribution in [0.5, 0.6) is 0 Å². The molecule has 0 atom stereocenters. The van der Waals surface area contributed by atoms with E-state index in [1.165, 1.54) is 0 Å². The van der Waals surface area contributed by atoms with Crippen molar-refractivity contribution in [2.24, 2.45) is 7.05 Å². The number of hydrogen-bond donors (Lipinski definition) is 1. The maximum absolute atomic E-state index is 6.01. The van der Waals surface area contributed by atoms with Crippen molar-refractivity contribution in [2.45, 2.75) is 19.4 Å². The first-order valence-corrected chi connectivity index (χ1v) is 5.83. The molecule has 6 heteroatoms. The molecule has 2 aromatic rings. The van der Waals surface area contributed by atoms with Gasteiger partial charge in [0.05, 0.1) is 11.2 Å². The fraction of sp³-hybridized carbons (Fsp3) is 0.417. The molecule has 94 valence electrons. The van der Waals surface area contributed by atoms with E-state index in [0.717, 1.165) is 22.6 Å². The van der Waals surface area contributed by atoms with Gasteiger partial charge in [0.15, 0.2) is 0 Å². The summed E-state index contributed by atoms with van der Waals surface area (Å²) in [5, 5.41) is 8.94. The van der Waals surface area contributed by atoms with E-state index in [4.69, 9.17) is 5.73 Å². The number of fused-ring (bicyclic) bond motifs is 3. The molecule has 2 aromatic heterocycles. The van der Waals surface area contributed by atoms with E-state index < -0.39 is 0 Å². The van der Waals surface area contributed by atoms with E-state index in [-0.39, 0.29) is 5.54 Å². The lowest BCUT2D eigenvalue weighted by Gasteiger charge is -2.40. The quantitative estimate of drug-likeness (QED) is 0.752. The smallest absolute Gasteiger partial charge is 0.147 e. The Bertz CT molecular complexity index is 627. The van der Waals surface area contributed by atoms with Crippen molar-refractivity contribution in [2.75, 3.05) is 17.7 Å². The first-order chi connectivity index (χ1) is 8.43. The lowest BCUT2D eigenvalue weighted by molar-refractivity contribution is 0.485. The van der Waals surface area contributed by atoms with Crippen LogP contribution in [-0.2, 0) is 12.6 Å². The third kappa shape index (κ3) is 1.20. The van der Waals surface area contributed by atoms with Crippen LogP contribution in [0.4, 0.5) is 11.5 Å². The van der Waals surface area contributed by atoms with Crippen molar-refractivity contribution < 1.29 is 0 Å². The Balaban J connectivity index is 2.40. The number of nitrogens with zero attached hydrogens (tertiary/aromatic N) is 5. The van der Waals surface area contributed by atoms with Gasteiger partial charge in [-0.05, 0) is 19.9 Å². The van der Waals surface area contributed by atoms with Crippen LogP contribution < -0.4 is 10.6 Å². The molecule has 18 heavy (non-hydrogen) atoms. The summed E-state index contributed by atoms with van der Waals surface area (Å²) < 4.78 is 0. The second-order valence-corrected chi connectivity index (χ2v) is 5.10. The number of pyridine rings is 1. The summed E-state index contributed by atoms with van der Waals surface area (Å²) in [6.45, 7) is 4.21. The maximum atomic E-state index is 6.01. The van der Waals surface area contributed by atoms with Gasteiger partial charge in [-0.3, -0.25) is 0 Å². The Morgan fingerprint density at radius 1 is 1.22 bits per heavy atom. The van der Waals surface area contributed by atoms with Gasteiger partial charge >= 0.3 is 0 Å². The normalized spacial score (nSPS) is 16.3. The van der Waals surface area contributed by atoms with Crippen molar-refractivity contribution in [3.63, 3.8) is 0 Å². The molecular formula is C12H16N6. The van der Waals surface area contributed by atoms with E-state index in [1.54, 1.807) is 11.0 Å². The van der Waals surface area contributed by atoms with E-state index in [0.29, 0.717) is 5.82 Å². The first kappa shape index (κ1) is 11.0. The van der Waals surface area contributed by atoms with Crippen molar-refractivity contribution in [3.05, 3.63) is 18.0 Å². The highest BCUT2D eigenvalue weighted by Gasteiger charge is 2.40. The van der Waals surface area contributed by atoms with Gasteiger partial charge < -0.3 is 10.6 Å². The van der Waals surface area contributed by atoms with Crippen LogP contribution >= 0.6 is 0 Å². The summed E-state index contributed by atoms with van der Waals surface area (Å²) in [5.74, 6) is 0.527. The molecule has 0 spiro atoms. The average molecular weight is 244 g/mol. The Morgan fingerprint density at radius 2 is 1.94 bits per heavy atom. The van der Waals surface area contributed by atoms with E-state index in [9.17, 15) is 0 Å². The van der Waals surface area contributed by atoms with E-state index >= 15 is 0 Å². The Kier molecular flexibility index (Phi) is 1.97. The Morgan fingerprint density at radius 3 is 2.67 bits per heavy atom. The molecule has 0 amide bonds. The number of aryl methyl sites for hydroxylation is 1. The highest BCUT2D eigenvalue weighted by molar-refractivity contribution is 5.88. The van der Waals surface area contributed by atoms with Gasteiger partial charge in [0.2, 0.25) is 0 Å². The topological polar surface area (TPSA) is 72.9 Å². The molecule has 0 saturated heterocycles. The minimum Gasteiger partial charge on any atom is -0.382 e. The summed E-state index contributed by atoms with van der Waals surface area (Å²) in [7, 11) is 3.84. The van der Waals surface area contributed by atoms with Gasteiger partial charge in [0.1, 0.15) is 17.2 Å². The monoisotopic (exact) mass is 244 g/mol. The van der Waals surface area contributed by atoms with Crippen LogP contribution in [0.1, 0.15) is 19.5 Å². The van der Waals surface area contributed by atoms with Gasteiger partial charge in [-0.15, -0.1) is 0 Å². The SMILES string of the molecule is CN1c2c(ccnc2N)-c2nn(C)nc2C1(C)C. The molecule has 0 unspecified atom stereocenters. The third-order valence-corrected chi connectivity index (χ3v) is 3.67. The van der Waals surface area contributed by atoms with Crippen LogP contribution in [-0.4, -0.2) is 27.0 Å². The molecule has 1 aliphatic heterocycles. The van der Waals surface area contributed by atoms with Crippen molar-refractivity contribution in [1.82, 2.24) is 20.0 Å². The van der Waals surface area contributed by atoms with Gasteiger partial charge in [-0.25, -0.2) is 4.98 Å². The van der Waals surface area contributed by atoms with E-state index in [2.05, 4.69) is 33.9 Å². The second kappa shape index (κ2) is 3.22. The zero-order chi connectivity index (χ0) is 13.1. The molecule has 0 saturated carbocycles. The fourth-order valence-corrected chi connectivity index (χ4v) is 2.45.